The van der Waals surface area contributed by atoms with Gasteiger partial charge in [0.25, 0.3) is 0 Å². The van der Waals surface area contributed by atoms with Crippen LogP contribution in [0.1, 0.15) is 27.8 Å². The number of alkyl carbamates (subject to hydrolysis) is 1. The molecule has 0 fully saturated rings. The maximum absolute atomic E-state index is 12.9. The molecule has 0 spiro atoms. The third-order valence-corrected chi connectivity index (χ3v) is 4.96. The highest BCUT2D eigenvalue weighted by molar-refractivity contribution is 6.16. The van der Waals surface area contributed by atoms with Crippen LogP contribution in [0.25, 0.3) is 0 Å². The average Bonchev–Trinajstić information content (AvgIpc) is 2.90. The Morgan fingerprint density at radius 2 is 1.73 bits per heavy atom. The summed E-state index contributed by atoms with van der Waals surface area (Å²) in [6, 6.07) is 25.0. The molecule has 150 valence electrons. The van der Waals surface area contributed by atoms with E-state index in [0.717, 1.165) is 27.8 Å². The van der Waals surface area contributed by atoms with Gasteiger partial charge >= 0.3 is 6.09 Å². The summed E-state index contributed by atoms with van der Waals surface area (Å²) in [7, 11) is 0. The lowest BCUT2D eigenvalue weighted by atomic mass is 9.94. The molecule has 1 aliphatic rings. The number of ether oxygens (including phenoxy) is 1. The first kappa shape index (κ1) is 19.6. The molecule has 30 heavy (non-hydrogen) atoms. The Kier molecular flexibility index (Phi) is 5.70. The molecule has 1 N–H and O–H groups in total. The first-order chi connectivity index (χ1) is 14.6. The van der Waals surface area contributed by atoms with E-state index in [9.17, 15) is 9.59 Å². The zero-order valence-corrected chi connectivity index (χ0v) is 16.7. The molecule has 0 aliphatic carbocycles. The van der Waals surface area contributed by atoms with Crippen LogP contribution < -0.4 is 5.32 Å². The van der Waals surface area contributed by atoms with Crippen molar-refractivity contribution in [1.29, 1.82) is 0 Å². The van der Waals surface area contributed by atoms with E-state index < -0.39 is 12.3 Å². The van der Waals surface area contributed by atoms with Gasteiger partial charge < -0.3 is 4.74 Å². The number of ketones is 1. The van der Waals surface area contributed by atoms with Crippen LogP contribution in [0.3, 0.4) is 0 Å². The highest BCUT2D eigenvalue weighted by Gasteiger charge is 2.27. The topological polar surface area (TPSA) is 67.8 Å². The highest BCUT2D eigenvalue weighted by Crippen LogP contribution is 2.22. The Bertz CT molecular complexity index is 1090. The van der Waals surface area contributed by atoms with Crippen molar-refractivity contribution in [3.05, 3.63) is 107 Å². The molecule has 0 saturated heterocycles. The number of amides is 1. The van der Waals surface area contributed by atoms with Gasteiger partial charge in [0.05, 0.1) is 5.71 Å². The van der Waals surface area contributed by atoms with Crippen LogP contribution in [0.4, 0.5) is 4.79 Å². The van der Waals surface area contributed by atoms with Crippen molar-refractivity contribution in [3.63, 3.8) is 0 Å². The predicted octanol–water partition coefficient (Wildman–Crippen LogP) is 4.21. The van der Waals surface area contributed by atoms with Crippen LogP contribution >= 0.6 is 0 Å². The summed E-state index contributed by atoms with van der Waals surface area (Å²) in [6.45, 7) is 2.13. The molecule has 1 amide bonds. The SMILES string of the molecule is Cc1ccc2c(c1)C(c1ccccc1)=NC(NC(=O)OCc1ccccc1)C(=O)C2. The Morgan fingerprint density at radius 3 is 2.47 bits per heavy atom. The second-order valence-electron chi connectivity index (χ2n) is 7.26. The number of hydrogen-bond acceptors (Lipinski definition) is 4. The fourth-order valence-corrected chi connectivity index (χ4v) is 3.44. The molecule has 0 saturated carbocycles. The van der Waals surface area contributed by atoms with Gasteiger partial charge in [-0.1, -0.05) is 78.4 Å². The highest BCUT2D eigenvalue weighted by atomic mass is 16.5. The summed E-state index contributed by atoms with van der Waals surface area (Å²) in [5.41, 5.74) is 5.35. The number of hydrogen-bond donors (Lipinski definition) is 1. The standard InChI is InChI=1S/C25H22N2O3/c1-17-12-13-20-15-22(28)24(27-25(29)30-16-18-8-4-2-5-9-18)26-23(21(20)14-17)19-10-6-3-7-11-19/h2-14,24H,15-16H2,1H3,(H,27,29). The third kappa shape index (κ3) is 4.46. The summed E-state index contributed by atoms with van der Waals surface area (Å²) in [5, 5.41) is 2.63. The number of benzene rings is 3. The van der Waals surface area contributed by atoms with Gasteiger partial charge in [-0.15, -0.1) is 0 Å². The Hall–Kier alpha value is -3.73. The van der Waals surface area contributed by atoms with E-state index in [-0.39, 0.29) is 18.8 Å². The van der Waals surface area contributed by atoms with Crippen LogP contribution in [-0.2, 0) is 22.6 Å². The quantitative estimate of drug-likeness (QED) is 0.716. The number of aliphatic imine (C=N–C) groups is 1. The number of rotatable bonds is 4. The molecular formula is C25H22N2O3. The molecular weight excluding hydrogens is 376 g/mol. The Labute approximate surface area is 175 Å². The number of Topliss-reactive ketones (excluding diaryl/α,β-unsaturated/α-hetero) is 1. The van der Waals surface area contributed by atoms with E-state index in [1.54, 1.807) is 0 Å². The van der Waals surface area contributed by atoms with Gasteiger partial charge in [0.2, 0.25) is 0 Å². The molecule has 1 heterocycles. The minimum absolute atomic E-state index is 0.127. The largest absolute Gasteiger partial charge is 0.445 e. The van der Waals surface area contributed by atoms with E-state index in [0.29, 0.717) is 5.71 Å². The maximum atomic E-state index is 12.9. The number of nitrogens with one attached hydrogen (secondary N) is 1. The molecule has 5 heteroatoms. The van der Waals surface area contributed by atoms with Crippen molar-refractivity contribution in [3.8, 4) is 0 Å². The van der Waals surface area contributed by atoms with Gasteiger partial charge in [-0.05, 0) is 24.1 Å². The van der Waals surface area contributed by atoms with E-state index in [4.69, 9.17) is 4.74 Å². The number of carbonyl (C=O) groups is 2. The zero-order chi connectivity index (χ0) is 20.9. The van der Waals surface area contributed by atoms with Crippen LogP contribution in [0.15, 0.2) is 83.9 Å². The molecule has 1 aliphatic heterocycles. The summed E-state index contributed by atoms with van der Waals surface area (Å²) in [6.07, 6.45) is -1.48. The minimum Gasteiger partial charge on any atom is -0.445 e. The average molecular weight is 398 g/mol. The van der Waals surface area contributed by atoms with Crippen molar-refractivity contribution >= 4 is 17.6 Å². The lowest BCUT2D eigenvalue weighted by molar-refractivity contribution is -0.120. The van der Waals surface area contributed by atoms with Gasteiger partial charge in [-0.25, -0.2) is 4.79 Å². The van der Waals surface area contributed by atoms with Crippen LogP contribution in [-0.4, -0.2) is 23.8 Å². The molecule has 0 radical (unpaired) electrons. The first-order valence-electron chi connectivity index (χ1n) is 9.83. The first-order valence-corrected chi connectivity index (χ1v) is 9.83. The zero-order valence-electron chi connectivity index (χ0n) is 16.7. The molecule has 4 rings (SSSR count). The monoisotopic (exact) mass is 398 g/mol. The summed E-state index contributed by atoms with van der Waals surface area (Å²) >= 11 is 0. The van der Waals surface area contributed by atoms with Crippen molar-refractivity contribution in [1.82, 2.24) is 5.32 Å². The predicted molar refractivity (Wildman–Crippen MR) is 116 cm³/mol. The second-order valence-corrected chi connectivity index (χ2v) is 7.26. The van der Waals surface area contributed by atoms with Crippen LogP contribution in [0.2, 0.25) is 0 Å². The van der Waals surface area contributed by atoms with Gasteiger partial charge in [-0.2, -0.15) is 0 Å². The molecule has 5 nitrogen and oxygen atoms in total. The van der Waals surface area contributed by atoms with E-state index in [2.05, 4.69) is 10.3 Å². The lowest BCUT2D eigenvalue weighted by Crippen LogP contribution is -2.40. The van der Waals surface area contributed by atoms with E-state index in [1.807, 2.05) is 85.8 Å². The summed E-state index contributed by atoms with van der Waals surface area (Å²) in [4.78, 5) is 29.9. The number of fused-ring (bicyclic) bond motifs is 1. The minimum atomic E-state index is -1.00. The normalized spacial score (nSPS) is 15.6. The molecule has 1 atom stereocenters. The molecule has 0 aromatic heterocycles. The fraction of sp³-hybridized carbons (Fsp3) is 0.160. The van der Waals surface area contributed by atoms with Gasteiger partial charge in [0.15, 0.2) is 11.9 Å². The Morgan fingerprint density at radius 1 is 1.03 bits per heavy atom. The summed E-state index contributed by atoms with van der Waals surface area (Å²) < 4.78 is 5.29. The molecule has 0 bridgehead atoms. The van der Waals surface area contributed by atoms with Crippen LogP contribution in [0, 0.1) is 6.92 Å². The summed E-state index contributed by atoms with van der Waals surface area (Å²) in [5.74, 6) is -0.178. The van der Waals surface area contributed by atoms with Crippen molar-refractivity contribution < 1.29 is 14.3 Å². The van der Waals surface area contributed by atoms with E-state index in [1.165, 1.54) is 0 Å². The van der Waals surface area contributed by atoms with E-state index >= 15 is 0 Å². The second kappa shape index (κ2) is 8.74. The van der Waals surface area contributed by atoms with Gasteiger partial charge in [0.1, 0.15) is 6.61 Å². The smallest absolute Gasteiger partial charge is 0.409 e. The van der Waals surface area contributed by atoms with Crippen molar-refractivity contribution in [2.75, 3.05) is 0 Å². The van der Waals surface area contributed by atoms with Crippen molar-refractivity contribution in [2.45, 2.75) is 26.1 Å². The fourth-order valence-electron chi connectivity index (χ4n) is 3.44. The Balaban J connectivity index is 1.61. The van der Waals surface area contributed by atoms with Gasteiger partial charge in [-0.3, -0.25) is 15.1 Å². The lowest BCUT2D eigenvalue weighted by Gasteiger charge is -2.14. The number of aryl methyl sites for hydroxylation is 1. The molecule has 3 aromatic rings. The third-order valence-electron chi connectivity index (χ3n) is 4.96. The maximum Gasteiger partial charge on any atom is 0.409 e. The number of carbonyl (C=O) groups excluding carboxylic acids is 2. The van der Waals surface area contributed by atoms with Crippen molar-refractivity contribution in [2.24, 2.45) is 4.99 Å². The van der Waals surface area contributed by atoms with Gasteiger partial charge in [0, 0.05) is 17.5 Å². The molecule has 1 unspecified atom stereocenters. The molecule has 3 aromatic carbocycles. The number of nitrogens with zero attached hydrogens (tertiary/aromatic N) is 1. The van der Waals surface area contributed by atoms with Crippen LogP contribution in [0.5, 0.6) is 0 Å².